The Balaban J connectivity index is 1.76. The van der Waals surface area contributed by atoms with Gasteiger partial charge in [-0.3, -0.25) is 4.79 Å². The van der Waals surface area contributed by atoms with Crippen molar-refractivity contribution < 1.29 is 35.9 Å². The van der Waals surface area contributed by atoms with Crippen LogP contribution in [0.2, 0.25) is 0 Å². The second-order valence-electron chi connectivity index (χ2n) is 7.48. The predicted molar refractivity (Wildman–Crippen MR) is 109 cm³/mol. The molecular formula is C23H21F5N2O3. The van der Waals surface area contributed by atoms with Crippen LogP contribution in [0.4, 0.5) is 22.0 Å². The second-order valence-corrected chi connectivity index (χ2v) is 7.48. The molecule has 33 heavy (non-hydrogen) atoms. The van der Waals surface area contributed by atoms with Crippen LogP contribution in [0, 0.1) is 18.6 Å². The van der Waals surface area contributed by atoms with Crippen LogP contribution >= 0.6 is 0 Å². The van der Waals surface area contributed by atoms with Crippen LogP contribution < -0.4 is 10.1 Å². The molecule has 0 aliphatic heterocycles. The van der Waals surface area contributed by atoms with E-state index in [1.54, 1.807) is 0 Å². The van der Waals surface area contributed by atoms with Crippen molar-refractivity contribution in [2.75, 3.05) is 0 Å². The van der Waals surface area contributed by atoms with Crippen LogP contribution in [-0.2, 0) is 12.6 Å². The van der Waals surface area contributed by atoms with Gasteiger partial charge in [0.25, 0.3) is 5.91 Å². The highest BCUT2D eigenvalue weighted by Gasteiger charge is 2.31. The number of oxazole rings is 1. The van der Waals surface area contributed by atoms with Gasteiger partial charge < -0.3 is 14.5 Å². The van der Waals surface area contributed by atoms with E-state index in [-0.39, 0.29) is 22.6 Å². The van der Waals surface area contributed by atoms with E-state index in [4.69, 9.17) is 9.15 Å². The summed E-state index contributed by atoms with van der Waals surface area (Å²) in [4.78, 5) is 16.3. The first kappa shape index (κ1) is 24.2. The van der Waals surface area contributed by atoms with E-state index in [1.807, 2.05) is 6.92 Å². The van der Waals surface area contributed by atoms with E-state index in [9.17, 15) is 26.7 Å². The smallest absolute Gasteiger partial charge is 0.416 e. The molecule has 0 unspecified atom stereocenters. The molecule has 176 valence electrons. The Morgan fingerprint density at radius 1 is 1.18 bits per heavy atom. The van der Waals surface area contributed by atoms with Gasteiger partial charge in [0.05, 0.1) is 11.6 Å². The fraction of sp³-hybridized carbons (Fsp3) is 0.304. The normalized spacial score (nSPS) is 12.5. The fourth-order valence-corrected chi connectivity index (χ4v) is 3.07. The topological polar surface area (TPSA) is 64.4 Å². The minimum absolute atomic E-state index is 0.0838. The Morgan fingerprint density at radius 2 is 1.85 bits per heavy atom. The summed E-state index contributed by atoms with van der Waals surface area (Å²) < 4.78 is 77.3. The maximum Gasteiger partial charge on any atom is 0.416 e. The zero-order valence-corrected chi connectivity index (χ0v) is 18.0. The monoisotopic (exact) mass is 468 g/mol. The van der Waals surface area contributed by atoms with E-state index in [0.717, 1.165) is 30.5 Å². The molecular weight excluding hydrogens is 447 g/mol. The van der Waals surface area contributed by atoms with Crippen LogP contribution in [0.25, 0.3) is 0 Å². The van der Waals surface area contributed by atoms with Crippen molar-refractivity contribution in [3.63, 3.8) is 0 Å². The lowest BCUT2D eigenvalue weighted by molar-refractivity contribution is -0.137. The molecule has 0 saturated carbocycles. The summed E-state index contributed by atoms with van der Waals surface area (Å²) in [5.74, 6) is -2.29. The Morgan fingerprint density at radius 3 is 2.45 bits per heavy atom. The first-order chi connectivity index (χ1) is 15.5. The number of benzene rings is 2. The van der Waals surface area contributed by atoms with Crippen LogP contribution in [-0.4, -0.2) is 10.9 Å². The molecule has 0 saturated heterocycles. The lowest BCUT2D eigenvalue weighted by Crippen LogP contribution is -2.27. The number of ether oxygens (including phenoxy) is 1. The van der Waals surface area contributed by atoms with E-state index in [2.05, 4.69) is 10.3 Å². The Bertz CT molecular complexity index is 1130. The number of aryl methyl sites for hydroxylation is 1. The molecule has 0 fully saturated rings. The number of nitrogens with zero attached hydrogens (tertiary/aromatic N) is 1. The van der Waals surface area contributed by atoms with Gasteiger partial charge in [0.2, 0.25) is 0 Å². The van der Waals surface area contributed by atoms with Gasteiger partial charge >= 0.3 is 12.3 Å². The number of halogens is 5. The lowest BCUT2D eigenvalue weighted by atomic mass is 10.1. The highest BCUT2D eigenvalue weighted by Crippen LogP contribution is 2.35. The molecule has 1 heterocycles. The summed E-state index contributed by atoms with van der Waals surface area (Å²) in [5, 5.41) is 2.53. The first-order valence-electron chi connectivity index (χ1n) is 10.1. The zero-order chi connectivity index (χ0) is 24.3. The number of carbonyl (C=O) groups is 1. The quantitative estimate of drug-likeness (QED) is 0.401. The number of nitrogens with one attached hydrogen (secondary N) is 1. The maximum absolute atomic E-state index is 13.8. The molecule has 3 rings (SSSR count). The third kappa shape index (κ3) is 5.68. The van der Waals surface area contributed by atoms with Crippen molar-refractivity contribution in [2.24, 2.45) is 0 Å². The summed E-state index contributed by atoms with van der Waals surface area (Å²) in [5.41, 5.74) is -0.515. The number of alkyl halides is 3. The number of rotatable bonds is 7. The van der Waals surface area contributed by atoms with Crippen molar-refractivity contribution in [2.45, 2.75) is 45.8 Å². The molecule has 3 aromatic rings. The highest BCUT2D eigenvalue weighted by molar-refractivity contribution is 5.92. The average molecular weight is 468 g/mol. The van der Waals surface area contributed by atoms with E-state index < -0.39 is 41.4 Å². The van der Waals surface area contributed by atoms with Crippen molar-refractivity contribution in [1.29, 1.82) is 0 Å². The molecule has 0 aliphatic rings. The summed E-state index contributed by atoms with van der Waals surface area (Å²) >= 11 is 0. The second kappa shape index (κ2) is 9.60. The molecule has 2 aromatic carbocycles. The number of carbonyl (C=O) groups excluding carboxylic acids is 1. The number of hydrogen-bond donors (Lipinski definition) is 1. The third-order valence-corrected chi connectivity index (χ3v) is 4.98. The van der Waals surface area contributed by atoms with Crippen LogP contribution in [0.15, 0.2) is 41.0 Å². The van der Waals surface area contributed by atoms with Gasteiger partial charge in [-0.15, -0.1) is 0 Å². The maximum atomic E-state index is 13.8. The van der Waals surface area contributed by atoms with Gasteiger partial charge in [0.1, 0.15) is 23.6 Å². The summed E-state index contributed by atoms with van der Waals surface area (Å²) in [6.45, 7) is 4.69. The summed E-state index contributed by atoms with van der Waals surface area (Å²) in [7, 11) is 0. The van der Waals surface area contributed by atoms with Gasteiger partial charge in [-0.05, 0) is 55.7 Å². The number of hydrogen-bond acceptors (Lipinski definition) is 4. The van der Waals surface area contributed by atoms with Gasteiger partial charge in [-0.25, -0.2) is 8.78 Å². The predicted octanol–water partition coefficient (Wildman–Crippen LogP) is 6.52. The lowest BCUT2D eigenvalue weighted by Gasteiger charge is -2.14. The minimum Gasteiger partial charge on any atom is -0.416 e. The molecule has 5 nitrogen and oxygen atoms in total. The Labute approximate surface area is 186 Å². The molecule has 0 bridgehead atoms. The summed E-state index contributed by atoms with van der Waals surface area (Å²) in [6.07, 6.45) is -2.88. The van der Waals surface area contributed by atoms with Gasteiger partial charge in [0.15, 0.2) is 5.69 Å². The van der Waals surface area contributed by atoms with E-state index in [0.29, 0.717) is 18.4 Å². The Hall–Kier alpha value is -3.43. The zero-order valence-electron chi connectivity index (χ0n) is 18.0. The molecule has 1 amide bonds. The van der Waals surface area contributed by atoms with E-state index >= 15 is 0 Å². The largest absolute Gasteiger partial charge is 0.416 e. The molecule has 1 N–H and O–H groups in total. The first-order valence-corrected chi connectivity index (χ1v) is 10.1. The molecule has 0 radical (unpaired) electrons. The van der Waals surface area contributed by atoms with Crippen LogP contribution in [0.3, 0.4) is 0 Å². The van der Waals surface area contributed by atoms with Crippen LogP contribution in [0.5, 0.6) is 11.8 Å². The SMILES string of the molecule is CCCc1ccc(C(F)(F)F)cc1Oc1nc(C(=O)N[C@H](C)c2cc(F)c(C)c(F)c2)co1. The average Bonchev–Trinajstić information content (AvgIpc) is 3.21. The van der Waals surface area contributed by atoms with Crippen molar-refractivity contribution >= 4 is 5.91 Å². The Kier molecular flexibility index (Phi) is 7.04. The van der Waals surface area contributed by atoms with Crippen molar-refractivity contribution in [3.05, 3.63) is 76.2 Å². The molecule has 10 heteroatoms. The summed E-state index contributed by atoms with van der Waals surface area (Å²) in [6, 6.07) is 4.59. The van der Waals surface area contributed by atoms with Gasteiger partial charge in [0, 0.05) is 5.56 Å². The van der Waals surface area contributed by atoms with Gasteiger partial charge in [-0.2, -0.15) is 18.2 Å². The standard InChI is InChI=1S/C23H21F5N2O3/c1-4-5-14-6-7-16(23(26,27)28)10-20(14)33-22-30-19(11-32-22)21(31)29-13(3)15-8-17(24)12(2)18(25)9-15/h6-11,13H,4-5H2,1-3H3,(H,29,31)/t13-/m1/s1. The molecule has 0 spiro atoms. The molecule has 1 aromatic heterocycles. The fourth-order valence-electron chi connectivity index (χ4n) is 3.07. The van der Waals surface area contributed by atoms with E-state index in [1.165, 1.54) is 19.9 Å². The number of amides is 1. The van der Waals surface area contributed by atoms with Gasteiger partial charge in [-0.1, -0.05) is 19.4 Å². The van der Waals surface area contributed by atoms with Crippen LogP contribution in [0.1, 0.15) is 59.1 Å². The van der Waals surface area contributed by atoms with Crippen molar-refractivity contribution in [3.8, 4) is 11.8 Å². The third-order valence-electron chi connectivity index (χ3n) is 4.98. The highest BCUT2D eigenvalue weighted by atomic mass is 19.4. The minimum atomic E-state index is -4.56. The van der Waals surface area contributed by atoms with Crippen molar-refractivity contribution in [1.82, 2.24) is 10.3 Å². The molecule has 1 atom stereocenters. The molecule has 0 aliphatic carbocycles. The number of aromatic nitrogens is 1.